The van der Waals surface area contributed by atoms with Gasteiger partial charge in [0.15, 0.2) is 0 Å². The van der Waals surface area contributed by atoms with Crippen molar-refractivity contribution in [2.24, 2.45) is 0 Å². The van der Waals surface area contributed by atoms with Crippen LogP contribution in [0.4, 0.5) is 0 Å². The van der Waals surface area contributed by atoms with Gasteiger partial charge in [0, 0.05) is 6.54 Å². The summed E-state index contributed by atoms with van der Waals surface area (Å²) in [6.07, 6.45) is 4.30. The summed E-state index contributed by atoms with van der Waals surface area (Å²) in [6.45, 7) is 3.70. The van der Waals surface area contributed by atoms with E-state index in [0.717, 1.165) is 19.3 Å². The summed E-state index contributed by atoms with van der Waals surface area (Å²) in [5, 5.41) is 14.5. The maximum Gasteiger partial charge on any atom is 0.309 e. The molecule has 0 bridgehead atoms. The second-order valence-electron chi connectivity index (χ2n) is 3.93. The van der Waals surface area contributed by atoms with E-state index in [1.165, 1.54) is 6.08 Å². The first-order valence-electron chi connectivity index (χ1n) is 5.53. The minimum Gasteiger partial charge on any atom is -0.391 e. The van der Waals surface area contributed by atoms with Crippen LogP contribution in [0.15, 0.2) is 12.7 Å². The van der Waals surface area contributed by atoms with Crippen LogP contribution in [0.1, 0.15) is 25.7 Å². The smallest absolute Gasteiger partial charge is 0.309 e. The fourth-order valence-corrected chi connectivity index (χ4v) is 1.76. The summed E-state index contributed by atoms with van der Waals surface area (Å²) in [5.41, 5.74) is 0. The Kier molecular flexibility index (Phi) is 4.98. The molecule has 1 saturated carbocycles. The van der Waals surface area contributed by atoms with Crippen LogP contribution in [-0.2, 0) is 9.59 Å². The summed E-state index contributed by atoms with van der Waals surface area (Å²) < 4.78 is 0. The van der Waals surface area contributed by atoms with Crippen LogP contribution in [0.3, 0.4) is 0 Å². The summed E-state index contributed by atoms with van der Waals surface area (Å²) in [4.78, 5) is 22.6. The Bertz CT molecular complexity index is 278. The largest absolute Gasteiger partial charge is 0.391 e. The standard InChI is InChI=1S/C11H18N2O3/c1-2-7-12-10(15)11(16)13-8-5-3-4-6-9(8)14/h2,8-9,14H,1,3-7H2,(H,12,15)(H,13,16). The molecule has 1 rings (SSSR count). The zero-order chi connectivity index (χ0) is 12.0. The van der Waals surface area contributed by atoms with Gasteiger partial charge in [0.2, 0.25) is 0 Å². The molecule has 5 heteroatoms. The van der Waals surface area contributed by atoms with Gasteiger partial charge >= 0.3 is 11.8 Å². The number of nitrogens with one attached hydrogen (secondary N) is 2. The van der Waals surface area contributed by atoms with E-state index in [9.17, 15) is 14.7 Å². The van der Waals surface area contributed by atoms with Crippen LogP contribution in [0.25, 0.3) is 0 Å². The third kappa shape index (κ3) is 3.66. The SMILES string of the molecule is C=CCNC(=O)C(=O)NC1CCCCC1O. The molecule has 0 aromatic rings. The first-order chi connectivity index (χ1) is 7.65. The number of amides is 2. The van der Waals surface area contributed by atoms with Gasteiger partial charge in [-0.1, -0.05) is 18.9 Å². The molecular formula is C11H18N2O3. The fraction of sp³-hybridized carbons (Fsp3) is 0.636. The van der Waals surface area contributed by atoms with E-state index >= 15 is 0 Å². The highest BCUT2D eigenvalue weighted by molar-refractivity contribution is 6.35. The summed E-state index contributed by atoms with van der Waals surface area (Å²) in [5.74, 6) is -1.37. The topological polar surface area (TPSA) is 78.4 Å². The second-order valence-corrected chi connectivity index (χ2v) is 3.93. The van der Waals surface area contributed by atoms with Gasteiger partial charge < -0.3 is 15.7 Å². The van der Waals surface area contributed by atoms with E-state index in [2.05, 4.69) is 17.2 Å². The molecule has 2 amide bonds. The van der Waals surface area contributed by atoms with Gasteiger partial charge in [-0.05, 0) is 12.8 Å². The molecule has 1 aliphatic rings. The van der Waals surface area contributed by atoms with Crippen LogP contribution < -0.4 is 10.6 Å². The molecule has 0 radical (unpaired) electrons. The van der Waals surface area contributed by atoms with Crippen molar-refractivity contribution in [2.45, 2.75) is 37.8 Å². The van der Waals surface area contributed by atoms with Gasteiger partial charge in [-0.15, -0.1) is 6.58 Å². The van der Waals surface area contributed by atoms with Gasteiger partial charge in [0.05, 0.1) is 12.1 Å². The van der Waals surface area contributed by atoms with E-state index in [4.69, 9.17) is 0 Å². The lowest BCUT2D eigenvalue weighted by Gasteiger charge is -2.27. The van der Waals surface area contributed by atoms with Crippen LogP contribution in [0, 0.1) is 0 Å². The molecule has 3 N–H and O–H groups in total. The van der Waals surface area contributed by atoms with Crippen molar-refractivity contribution in [1.82, 2.24) is 10.6 Å². The Morgan fingerprint density at radius 3 is 2.62 bits per heavy atom. The second kappa shape index (κ2) is 6.27. The van der Waals surface area contributed by atoms with Crippen molar-refractivity contribution in [1.29, 1.82) is 0 Å². The monoisotopic (exact) mass is 226 g/mol. The Balaban J connectivity index is 2.37. The number of aliphatic hydroxyl groups excluding tert-OH is 1. The maximum absolute atomic E-state index is 11.4. The van der Waals surface area contributed by atoms with Crippen molar-refractivity contribution in [3.05, 3.63) is 12.7 Å². The molecule has 2 unspecified atom stereocenters. The number of carbonyl (C=O) groups is 2. The van der Waals surface area contributed by atoms with Gasteiger partial charge in [0.1, 0.15) is 0 Å². The molecule has 0 aromatic heterocycles. The summed E-state index contributed by atoms with van der Waals surface area (Å²) in [6, 6.07) is -0.296. The number of hydrogen-bond donors (Lipinski definition) is 3. The Morgan fingerprint density at radius 2 is 2.00 bits per heavy atom. The average Bonchev–Trinajstić information content (AvgIpc) is 2.28. The van der Waals surface area contributed by atoms with Gasteiger partial charge in [-0.25, -0.2) is 0 Å². The molecule has 0 spiro atoms. The molecule has 0 aromatic carbocycles. The van der Waals surface area contributed by atoms with E-state index in [-0.39, 0.29) is 12.6 Å². The van der Waals surface area contributed by atoms with Crippen LogP contribution in [0.5, 0.6) is 0 Å². The molecule has 16 heavy (non-hydrogen) atoms. The Labute approximate surface area is 94.9 Å². The van der Waals surface area contributed by atoms with Crippen molar-refractivity contribution in [2.75, 3.05) is 6.54 Å². The molecule has 0 aliphatic heterocycles. The van der Waals surface area contributed by atoms with Crippen LogP contribution in [-0.4, -0.2) is 35.6 Å². The number of aliphatic hydroxyl groups is 1. The molecule has 0 heterocycles. The quantitative estimate of drug-likeness (QED) is 0.457. The average molecular weight is 226 g/mol. The number of carbonyl (C=O) groups excluding carboxylic acids is 2. The molecule has 0 saturated heterocycles. The zero-order valence-electron chi connectivity index (χ0n) is 9.24. The molecule has 1 fully saturated rings. The Morgan fingerprint density at radius 1 is 1.31 bits per heavy atom. The first kappa shape index (κ1) is 12.7. The van der Waals surface area contributed by atoms with Crippen LogP contribution in [0.2, 0.25) is 0 Å². The molecule has 1 aliphatic carbocycles. The lowest BCUT2D eigenvalue weighted by Crippen LogP contribution is -2.50. The van der Waals surface area contributed by atoms with E-state index in [1.807, 2.05) is 0 Å². The normalized spacial score (nSPS) is 24.6. The van der Waals surface area contributed by atoms with Crippen LogP contribution >= 0.6 is 0 Å². The lowest BCUT2D eigenvalue weighted by molar-refractivity contribution is -0.140. The van der Waals surface area contributed by atoms with Crippen molar-refractivity contribution in [3.8, 4) is 0 Å². The van der Waals surface area contributed by atoms with Crippen molar-refractivity contribution >= 4 is 11.8 Å². The third-order valence-corrected chi connectivity index (χ3v) is 2.66. The molecule has 5 nitrogen and oxygen atoms in total. The van der Waals surface area contributed by atoms with Gasteiger partial charge in [-0.2, -0.15) is 0 Å². The molecule has 90 valence electrons. The van der Waals surface area contributed by atoms with E-state index < -0.39 is 17.9 Å². The third-order valence-electron chi connectivity index (χ3n) is 2.66. The number of rotatable bonds is 3. The zero-order valence-corrected chi connectivity index (χ0v) is 9.24. The van der Waals surface area contributed by atoms with E-state index in [0.29, 0.717) is 6.42 Å². The predicted octanol–water partition coefficient (Wildman–Crippen LogP) is -0.292. The van der Waals surface area contributed by atoms with E-state index in [1.54, 1.807) is 0 Å². The van der Waals surface area contributed by atoms with Gasteiger partial charge in [-0.3, -0.25) is 9.59 Å². The molecular weight excluding hydrogens is 208 g/mol. The number of hydrogen-bond acceptors (Lipinski definition) is 3. The summed E-state index contributed by atoms with van der Waals surface area (Å²) in [7, 11) is 0. The summed E-state index contributed by atoms with van der Waals surface area (Å²) >= 11 is 0. The van der Waals surface area contributed by atoms with Gasteiger partial charge in [0.25, 0.3) is 0 Å². The highest BCUT2D eigenvalue weighted by atomic mass is 16.3. The minimum absolute atomic E-state index is 0.263. The lowest BCUT2D eigenvalue weighted by atomic mass is 9.92. The highest BCUT2D eigenvalue weighted by Gasteiger charge is 2.26. The maximum atomic E-state index is 11.4. The highest BCUT2D eigenvalue weighted by Crippen LogP contribution is 2.18. The van der Waals surface area contributed by atoms with Crippen molar-refractivity contribution in [3.63, 3.8) is 0 Å². The van der Waals surface area contributed by atoms with Crippen molar-refractivity contribution < 1.29 is 14.7 Å². The predicted molar refractivity (Wildman–Crippen MR) is 59.6 cm³/mol. The minimum atomic E-state index is -0.687. The molecule has 2 atom stereocenters. The Hall–Kier alpha value is -1.36. The fourth-order valence-electron chi connectivity index (χ4n) is 1.76. The first-order valence-corrected chi connectivity index (χ1v) is 5.53.